The predicted octanol–water partition coefficient (Wildman–Crippen LogP) is 0.750. The molecule has 20 heavy (non-hydrogen) atoms. The van der Waals surface area contributed by atoms with E-state index in [1.54, 1.807) is 11.8 Å². The third-order valence-electron chi connectivity index (χ3n) is 3.08. The van der Waals surface area contributed by atoms with E-state index in [1.165, 1.54) is 11.9 Å². The zero-order valence-electron chi connectivity index (χ0n) is 12.7. The van der Waals surface area contributed by atoms with Crippen LogP contribution in [0.1, 0.15) is 33.6 Å². The van der Waals surface area contributed by atoms with Crippen LogP contribution in [0.15, 0.2) is 0 Å². The molecule has 3 amide bonds. The van der Waals surface area contributed by atoms with Gasteiger partial charge in [0.15, 0.2) is 0 Å². The van der Waals surface area contributed by atoms with Crippen LogP contribution < -0.4 is 5.32 Å². The maximum Gasteiger partial charge on any atom is 0.317 e. The number of amides is 3. The quantitative estimate of drug-likeness (QED) is 0.689. The van der Waals surface area contributed by atoms with Gasteiger partial charge in [-0.25, -0.2) is 4.79 Å². The monoisotopic (exact) mass is 287 g/mol. The van der Waals surface area contributed by atoms with Crippen molar-refractivity contribution in [3.8, 4) is 0 Å². The van der Waals surface area contributed by atoms with Crippen LogP contribution in [-0.4, -0.2) is 65.5 Å². The highest BCUT2D eigenvalue weighted by Gasteiger charge is 2.19. The molecule has 0 aliphatic rings. The van der Waals surface area contributed by atoms with Gasteiger partial charge in [-0.15, -0.1) is 0 Å². The van der Waals surface area contributed by atoms with Gasteiger partial charge in [0.05, 0.1) is 6.42 Å². The number of rotatable bonds is 8. The molecule has 0 heterocycles. The predicted molar refractivity (Wildman–Crippen MR) is 75.4 cm³/mol. The van der Waals surface area contributed by atoms with E-state index in [-0.39, 0.29) is 18.9 Å². The molecule has 7 nitrogen and oxygen atoms in total. The minimum atomic E-state index is -0.959. The summed E-state index contributed by atoms with van der Waals surface area (Å²) in [6, 6.07) is -0.857. The molecule has 1 unspecified atom stereocenters. The van der Waals surface area contributed by atoms with Crippen LogP contribution in [0.5, 0.6) is 0 Å². The van der Waals surface area contributed by atoms with Crippen molar-refractivity contribution < 1.29 is 19.5 Å². The molecule has 1 atom stereocenters. The molecular weight excluding hydrogens is 262 g/mol. The summed E-state index contributed by atoms with van der Waals surface area (Å²) in [6.45, 7) is 6.73. The Morgan fingerprint density at radius 3 is 2.10 bits per heavy atom. The molecule has 116 valence electrons. The van der Waals surface area contributed by atoms with E-state index < -0.39 is 18.0 Å². The third kappa shape index (κ3) is 6.40. The number of carbonyl (C=O) groups is 3. The summed E-state index contributed by atoms with van der Waals surface area (Å²) >= 11 is 0. The number of urea groups is 1. The Labute approximate surface area is 119 Å². The van der Waals surface area contributed by atoms with Gasteiger partial charge >= 0.3 is 12.0 Å². The van der Waals surface area contributed by atoms with Crippen LogP contribution in [0.2, 0.25) is 0 Å². The molecule has 0 aliphatic heterocycles. The molecule has 2 N–H and O–H groups in total. The lowest BCUT2D eigenvalue weighted by molar-refractivity contribution is -0.137. The summed E-state index contributed by atoms with van der Waals surface area (Å²) in [5.74, 6) is -1.09. The standard InChI is InChI=1S/C13H25N3O4/c1-5-10(8-12(18)19)14-13(20)15(4)9-11(17)16(6-2)7-3/h10H,5-9H2,1-4H3,(H,14,20)(H,18,19). The largest absolute Gasteiger partial charge is 0.481 e. The van der Waals surface area contributed by atoms with Crippen molar-refractivity contribution in [2.75, 3.05) is 26.7 Å². The molecule has 0 aromatic heterocycles. The fraction of sp³-hybridized carbons (Fsp3) is 0.769. The van der Waals surface area contributed by atoms with Gasteiger partial charge in [-0.3, -0.25) is 9.59 Å². The first-order valence-electron chi connectivity index (χ1n) is 6.86. The van der Waals surface area contributed by atoms with Crippen molar-refractivity contribution in [2.45, 2.75) is 39.7 Å². The zero-order chi connectivity index (χ0) is 15.7. The Morgan fingerprint density at radius 1 is 1.15 bits per heavy atom. The average Bonchev–Trinajstić information content (AvgIpc) is 2.38. The summed E-state index contributed by atoms with van der Waals surface area (Å²) in [6.07, 6.45) is 0.399. The van der Waals surface area contributed by atoms with Gasteiger partial charge in [0.1, 0.15) is 6.54 Å². The Balaban J connectivity index is 4.39. The van der Waals surface area contributed by atoms with Crippen molar-refractivity contribution in [3.05, 3.63) is 0 Å². The molecule has 0 aromatic carbocycles. The van der Waals surface area contributed by atoms with Crippen LogP contribution in [0, 0.1) is 0 Å². The average molecular weight is 287 g/mol. The molecule has 0 saturated carbocycles. The normalized spacial score (nSPS) is 11.6. The lowest BCUT2D eigenvalue weighted by Crippen LogP contribution is -2.47. The second kappa shape index (κ2) is 9.17. The van der Waals surface area contributed by atoms with Crippen molar-refractivity contribution in [2.24, 2.45) is 0 Å². The van der Waals surface area contributed by atoms with Gasteiger partial charge < -0.3 is 20.2 Å². The van der Waals surface area contributed by atoms with E-state index in [1.807, 2.05) is 13.8 Å². The molecule has 0 aromatic rings. The second-order valence-corrected chi connectivity index (χ2v) is 4.57. The number of aliphatic carboxylic acids is 1. The number of likely N-dealkylation sites (N-methyl/N-ethyl adjacent to an activating group) is 2. The maximum atomic E-state index is 11.9. The highest BCUT2D eigenvalue weighted by molar-refractivity contribution is 5.84. The number of nitrogens with zero attached hydrogens (tertiary/aromatic N) is 2. The molecule has 0 bridgehead atoms. The van der Waals surface area contributed by atoms with Gasteiger partial charge in [-0.05, 0) is 20.3 Å². The topological polar surface area (TPSA) is 90.0 Å². The molecule has 0 spiro atoms. The first-order chi connectivity index (χ1) is 9.35. The molecule has 0 fully saturated rings. The van der Waals surface area contributed by atoms with E-state index in [9.17, 15) is 14.4 Å². The van der Waals surface area contributed by atoms with Crippen LogP contribution in [0.4, 0.5) is 4.79 Å². The summed E-state index contributed by atoms with van der Waals surface area (Å²) in [7, 11) is 1.52. The van der Waals surface area contributed by atoms with Crippen LogP contribution in [-0.2, 0) is 9.59 Å². The zero-order valence-corrected chi connectivity index (χ0v) is 12.7. The Kier molecular flexibility index (Phi) is 8.35. The van der Waals surface area contributed by atoms with Crippen LogP contribution in [0.3, 0.4) is 0 Å². The van der Waals surface area contributed by atoms with Gasteiger partial charge in [0.25, 0.3) is 0 Å². The smallest absolute Gasteiger partial charge is 0.317 e. The first-order valence-corrected chi connectivity index (χ1v) is 6.86. The number of hydrogen-bond acceptors (Lipinski definition) is 3. The molecular formula is C13H25N3O4. The van der Waals surface area contributed by atoms with Crippen molar-refractivity contribution >= 4 is 17.9 Å². The summed E-state index contributed by atoms with van der Waals surface area (Å²) in [5, 5.41) is 11.3. The van der Waals surface area contributed by atoms with E-state index >= 15 is 0 Å². The number of carboxylic acids is 1. The summed E-state index contributed by atoms with van der Waals surface area (Å²) in [5.41, 5.74) is 0. The number of nitrogens with one attached hydrogen (secondary N) is 1. The lowest BCUT2D eigenvalue weighted by atomic mass is 10.1. The highest BCUT2D eigenvalue weighted by Crippen LogP contribution is 2.00. The van der Waals surface area contributed by atoms with Crippen molar-refractivity contribution in [1.29, 1.82) is 0 Å². The van der Waals surface area contributed by atoms with Crippen LogP contribution in [0.25, 0.3) is 0 Å². The fourth-order valence-corrected chi connectivity index (χ4v) is 1.74. The van der Waals surface area contributed by atoms with Gasteiger partial charge in [0.2, 0.25) is 5.91 Å². The maximum absolute atomic E-state index is 11.9. The Bertz CT molecular complexity index is 343. The van der Waals surface area contributed by atoms with E-state index in [0.29, 0.717) is 19.5 Å². The Hall–Kier alpha value is -1.79. The molecule has 0 aliphatic carbocycles. The Morgan fingerprint density at radius 2 is 1.70 bits per heavy atom. The van der Waals surface area contributed by atoms with Crippen molar-refractivity contribution in [1.82, 2.24) is 15.1 Å². The molecule has 7 heteroatoms. The van der Waals surface area contributed by atoms with E-state index in [2.05, 4.69) is 5.32 Å². The molecule has 0 rings (SSSR count). The van der Waals surface area contributed by atoms with Gasteiger partial charge in [0, 0.05) is 26.2 Å². The molecule has 0 saturated heterocycles. The highest BCUT2D eigenvalue weighted by atomic mass is 16.4. The minimum absolute atomic E-state index is 0.0168. The van der Waals surface area contributed by atoms with E-state index in [0.717, 1.165) is 0 Å². The van der Waals surface area contributed by atoms with Gasteiger partial charge in [-0.2, -0.15) is 0 Å². The minimum Gasteiger partial charge on any atom is -0.481 e. The number of hydrogen-bond donors (Lipinski definition) is 2. The van der Waals surface area contributed by atoms with E-state index in [4.69, 9.17) is 5.11 Å². The SMILES string of the molecule is CCC(CC(=O)O)NC(=O)N(C)CC(=O)N(CC)CC. The lowest BCUT2D eigenvalue weighted by Gasteiger charge is -2.25. The number of carboxylic acid groups (broad SMARTS) is 1. The summed E-state index contributed by atoms with van der Waals surface area (Å²) in [4.78, 5) is 37.3. The van der Waals surface area contributed by atoms with Gasteiger partial charge in [-0.1, -0.05) is 6.92 Å². The second-order valence-electron chi connectivity index (χ2n) is 4.57. The molecule has 0 radical (unpaired) electrons. The van der Waals surface area contributed by atoms with Crippen LogP contribution >= 0.6 is 0 Å². The first kappa shape index (κ1) is 18.2. The third-order valence-corrected chi connectivity index (χ3v) is 3.08. The number of carbonyl (C=O) groups excluding carboxylic acids is 2. The summed E-state index contributed by atoms with van der Waals surface area (Å²) < 4.78 is 0. The van der Waals surface area contributed by atoms with Crippen molar-refractivity contribution in [3.63, 3.8) is 0 Å². The fourth-order valence-electron chi connectivity index (χ4n) is 1.74.